The van der Waals surface area contributed by atoms with E-state index in [0.717, 1.165) is 16.5 Å². The molecule has 0 saturated carbocycles. The fourth-order valence-electron chi connectivity index (χ4n) is 1.46. The van der Waals surface area contributed by atoms with E-state index in [2.05, 4.69) is 4.99 Å². The maximum absolute atomic E-state index is 5.80. The third-order valence-corrected chi connectivity index (χ3v) is 2.56. The standard InChI is InChI=1S/C11H13ClN2O/c12-9-3-1-8(2-4-9)5-11-14-10(6-13)7-15-11/h1-4,10H,5-7,13H2. The molecule has 1 heterocycles. The van der Waals surface area contributed by atoms with Crippen molar-refractivity contribution in [1.82, 2.24) is 0 Å². The van der Waals surface area contributed by atoms with Gasteiger partial charge in [0.1, 0.15) is 6.61 Å². The summed E-state index contributed by atoms with van der Waals surface area (Å²) in [6, 6.07) is 7.82. The number of hydrogen-bond acceptors (Lipinski definition) is 3. The van der Waals surface area contributed by atoms with Crippen molar-refractivity contribution < 1.29 is 4.74 Å². The van der Waals surface area contributed by atoms with E-state index in [1.54, 1.807) is 0 Å². The highest BCUT2D eigenvalue weighted by Gasteiger charge is 2.16. The number of halogens is 1. The van der Waals surface area contributed by atoms with Crippen LogP contribution in [0.2, 0.25) is 5.02 Å². The molecule has 1 aliphatic heterocycles. The Morgan fingerprint density at radius 3 is 2.73 bits per heavy atom. The Hall–Kier alpha value is -1.06. The van der Waals surface area contributed by atoms with E-state index >= 15 is 0 Å². The first-order valence-electron chi connectivity index (χ1n) is 4.92. The maximum atomic E-state index is 5.80. The molecule has 15 heavy (non-hydrogen) atoms. The van der Waals surface area contributed by atoms with Gasteiger partial charge in [0.2, 0.25) is 0 Å². The molecule has 1 unspecified atom stereocenters. The number of nitrogens with zero attached hydrogens (tertiary/aromatic N) is 1. The summed E-state index contributed by atoms with van der Waals surface area (Å²) in [6.45, 7) is 1.16. The van der Waals surface area contributed by atoms with Gasteiger partial charge in [-0.3, -0.25) is 0 Å². The Morgan fingerprint density at radius 1 is 1.40 bits per heavy atom. The lowest BCUT2D eigenvalue weighted by Crippen LogP contribution is -2.18. The van der Waals surface area contributed by atoms with Crippen LogP contribution in [-0.2, 0) is 11.2 Å². The van der Waals surface area contributed by atoms with Gasteiger partial charge in [-0.25, -0.2) is 4.99 Å². The van der Waals surface area contributed by atoms with Crippen LogP contribution in [0, 0.1) is 0 Å². The zero-order chi connectivity index (χ0) is 10.7. The van der Waals surface area contributed by atoms with Gasteiger partial charge < -0.3 is 10.5 Å². The van der Waals surface area contributed by atoms with E-state index in [0.29, 0.717) is 19.6 Å². The Balaban J connectivity index is 2.00. The Labute approximate surface area is 93.9 Å². The first-order chi connectivity index (χ1) is 7.28. The molecule has 0 aromatic heterocycles. The van der Waals surface area contributed by atoms with E-state index in [1.165, 1.54) is 0 Å². The minimum Gasteiger partial charge on any atom is -0.478 e. The van der Waals surface area contributed by atoms with E-state index in [1.807, 2.05) is 24.3 Å². The molecule has 0 spiro atoms. The summed E-state index contributed by atoms with van der Waals surface area (Å²) >= 11 is 5.80. The first kappa shape index (κ1) is 10.5. The summed E-state index contributed by atoms with van der Waals surface area (Å²) in [5.41, 5.74) is 6.65. The van der Waals surface area contributed by atoms with Crippen LogP contribution in [0.4, 0.5) is 0 Å². The lowest BCUT2D eigenvalue weighted by molar-refractivity contribution is 0.313. The van der Waals surface area contributed by atoms with Crippen LogP contribution in [0.15, 0.2) is 29.3 Å². The van der Waals surface area contributed by atoms with Gasteiger partial charge >= 0.3 is 0 Å². The van der Waals surface area contributed by atoms with Crippen molar-refractivity contribution in [3.63, 3.8) is 0 Å². The van der Waals surface area contributed by atoms with Gasteiger partial charge in [0.15, 0.2) is 5.90 Å². The van der Waals surface area contributed by atoms with E-state index < -0.39 is 0 Å². The molecule has 0 fully saturated rings. The third-order valence-electron chi connectivity index (χ3n) is 2.31. The molecule has 0 radical (unpaired) electrons. The lowest BCUT2D eigenvalue weighted by atomic mass is 10.1. The maximum Gasteiger partial charge on any atom is 0.188 e. The molecule has 1 aromatic rings. The molecule has 1 aliphatic rings. The van der Waals surface area contributed by atoms with Crippen LogP contribution in [0.5, 0.6) is 0 Å². The number of rotatable bonds is 3. The summed E-state index contributed by atoms with van der Waals surface area (Å²) in [5.74, 6) is 0.771. The van der Waals surface area contributed by atoms with Crippen LogP contribution < -0.4 is 5.73 Å². The van der Waals surface area contributed by atoms with Crippen molar-refractivity contribution in [3.8, 4) is 0 Å². The second-order valence-corrected chi connectivity index (χ2v) is 3.96. The predicted octanol–water partition coefficient (Wildman–Crippen LogP) is 1.64. The molecule has 2 N–H and O–H groups in total. The zero-order valence-electron chi connectivity index (χ0n) is 8.32. The van der Waals surface area contributed by atoms with Crippen LogP contribution in [0.1, 0.15) is 5.56 Å². The molecular weight excluding hydrogens is 212 g/mol. The molecule has 0 amide bonds. The summed E-state index contributed by atoms with van der Waals surface area (Å²) in [6.07, 6.45) is 0.716. The molecule has 4 heteroatoms. The molecule has 0 saturated heterocycles. The van der Waals surface area contributed by atoms with Crippen molar-refractivity contribution >= 4 is 17.5 Å². The topological polar surface area (TPSA) is 47.6 Å². The van der Waals surface area contributed by atoms with Crippen LogP contribution >= 0.6 is 11.6 Å². The predicted molar refractivity (Wildman–Crippen MR) is 61.4 cm³/mol. The van der Waals surface area contributed by atoms with E-state index in [9.17, 15) is 0 Å². The molecule has 1 atom stereocenters. The molecule has 1 aromatic carbocycles. The first-order valence-corrected chi connectivity index (χ1v) is 5.29. The number of hydrogen-bond donors (Lipinski definition) is 1. The number of benzene rings is 1. The van der Waals surface area contributed by atoms with Crippen molar-refractivity contribution in [2.75, 3.05) is 13.2 Å². The minimum atomic E-state index is 0.132. The van der Waals surface area contributed by atoms with E-state index in [-0.39, 0.29) is 6.04 Å². The molecule has 2 rings (SSSR count). The highest BCUT2D eigenvalue weighted by Crippen LogP contribution is 2.13. The zero-order valence-corrected chi connectivity index (χ0v) is 9.07. The largest absolute Gasteiger partial charge is 0.478 e. The fourth-order valence-corrected chi connectivity index (χ4v) is 1.59. The van der Waals surface area contributed by atoms with Crippen LogP contribution in [0.3, 0.4) is 0 Å². The van der Waals surface area contributed by atoms with Crippen LogP contribution in [0.25, 0.3) is 0 Å². The van der Waals surface area contributed by atoms with Gasteiger partial charge in [0.25, 0.3) is 0 Å². The summed E-state index contributed by atoms with van der Waals surface area (Å²) in [4.78, 5) is 4.36. The molecule has 3 nitrogen and oxygen atoms in total. The Bertz CT molecular complexity index is 361. The van der Waals surface area contributed by atoms with Crippen molar-refractivity contribution in [2.45, 2.75) is 12.5 Å². The van der Waals surface area contributed by atoms with Gasteiger partial charge in [-0.1, -0.05) is 23.7 Å². The fraction of sp³-hybridized carbons (Fsp3) is 0.364. The average Bonchev–Trinajstić information content (AvgIpc) is 2.69. The van der Waals surface area contributed by atoms with Gasteiger partial charge in [-0.05, 0) is 17.7 Å². The monoisotopic (exact) mass is 224 g/mol. The summed E-state index contributed by atoms with van der Waals surface area (Å²) < 4.78 is 5.43. The van der Waals surface area contributed by atoms with Gasteiger partial charge in [-0.15, -0.1) is 0 Å². The normalized spacial score (nSPS) is 19.9. The van der Waals surface area contributed by atoms with Gasteiger partial charge in [-0.2, -0.15) is 0 Å². The molecule has 0 aliphatic carbocycles. The Kier molecular flexibility index (Phi) is 3.23. The third kappa shape index (κ3) is 2.70. The minimum absolute atomic E-state index is 0.132. The second kappa shape index (κ2) is 4.64. The smallest absolute Gasteiger partial charge is 0.188 e. The average molecular weight is 225 g/mol. The SMILES string of the molecule is NCC1COC(Cc2ccc(Cl)cc2)=N1. The van der Waals surface area contributed by atoms with Crippen LogP contribution in [-0.4, -0.2) is 25.1 Å². The highest BCUT2D eigenvalue weighted by atomic mass is 35.5. The van der Waals surface area contributed by atoms with Crippen molar-refractivity contribution in [3.05, 3.63) is 34.9 Å². The molecule has 0 bridgehead atoms. The molecular formula is C11H13ClN2O. The second-order valence-electron chi connectivity index (χ2n) is 3.53. The quantitative estimate of drug-likeness (QED) is 0.849. The lowest BCUT2D eigenvalue weighted by Gasteiger charge is -2.01. The van der Waals surface area contributed by atoms with Gasteiger partial charge in [0, 0.05) is 18.0 Å². The number of nitrogens with two attached hydrogens (primary N) is 1. The van der Waals surface area contributed by atoms with Crippen molar-refractivity contribution in [1.29, 1.82) is 0 Å². The highest BCUT2D eigenvalue weighted by molar-refractivity contribution is 6.30. The Morgan fingerprint density at radius 2 is 2.13 bits per heavy atom. The van der Waals surface area contributed by atoms with Crippen molar-refractivity contribution in [2.24, 2.45) is 10.7 Å². The number of aliphatic imine (C=N–C) groups is 1. The summed E-state index contributed by atoms with van der Waals surface area (Å²) in [7, 11) is 0. The summed E-state index contributed by atoms with van der Waals surface area (Å²) in [5, 5.41) is 0.743. The number of ether oxygens (including phenoxy) is 1. The van der Waals surface area contributed by atoms with Gasteiger partial charge in [0.05, 0.1) is 6.04 Å². The van der Waals surface area contributed by atoms with E-state index in [4.69, 9.17) is 22.1 Å². The molecule has 80 valence electrons.